The van der Waals surface area contributed by atoms with Crippen LogP contribution in [0.5, 0.6) is 11.5 Å². The second-order valence-corrected chi connectivity index (χ2v) is 6.83. The molecule has 1 atom stereocenters. The Bertz CT molecular complexity index is 764. The lowest BCUT2D eigenvalue weighted by molar-refractivity contribution is 0.392. The molecule has 1 aromatic carbocycles. The summed E-state index contributed by atoms with van der Waals surface area (Å²) in [7, 11) is 5.21. The average Bonchev–Trinajstić information content (AvgIpc) is 3.34. The quantitative estimate of drug-likeness (QED) is 0.623. The number of guanidine groups is 1. The molecule has 0 spiro atoms. The predicted molar refractivity (Wildman–Crippen MR) is 107 cm³/mol. The van der Waals surface area contributed by atoms with Crippen LogP contribution in [-0.4, -0.2) is 61.5 Å². The standard InChI is InChI=1S/C20H29N5O2/c1-15-12-23-25(13-15)8-6-22-20(21-2)24-7-5-16(14-24)17-9-18(26-3)11-19(10-17)27-4/h9-13,16H,5-8,14H2,1-4H3,(H,21,22). The third kappa shape index (κ3) is 4.72. The first-order chi connectivity index (χ1) is 13.1. The molecule has 1 aliphatic rings. The van der Waals surface area contributed by atoms with E-state index in [0.29, 0.717) is 5.92 Å². The van der Waals surface area contributed by atoms with Crippen LogP contribution in [0.25, 0.3) is 0 Å². The van der Waals surface area contributed by atoms with Crippen LogP contribution in [0, 0.1) is 6.92 Å². The SMILES string of the molecule is CN=C(NCCn1cc(C)cn1)N1CCC(c2cc(OC)cc(OC)c2)C1. The van der Waals surface area contributed by atoms with Gasteiger partial charge in [0.25, 0.3) is 0 Å². The Morgan fingerprint density at radius 1 is 1.26 bits per heavy atom. The van der Waals surface area contributed by atoms with Crippen LogP contribution >= 0.6 is 0 Å². The van der Waals surface area contributed by atoms with Crippen molar-refractivity contribution in [2.45, 2.75) is 25.8 Å². The van der Waals surface area contributed by atoms with Crippen LogP contribution in [-0.2, 0) is 6.54 Å². The van der Waals surface area contributed by atoms with Crippen molar-refractivity contribution in [3.05, 3.63) is 41.7 Å². The largest absolute Gasteiger partial charge is 0.497 e. The van der Waals surface area contributed by atoms with E-state index in [1.165, 1.54) is 11.1 Å². The Hall–Kier alpha value is -2.70. The zero-order valence-corrected chi connectivity index (χ0v) is 16.6. The molecule has 0 saturated carbocycles. The summed E-state index contributed by atoms with van der Waals surface area (Å²) < 4.78 is 12.8. The van der Waals surface area contributed by atoms with E-state index in [0.717, 1.165) is 50.1 Å². The normalized spacial score (nSPS) is 17.3. The number of methoxy groups -OCH3 is 2. The van der Waals surface area contributed by atoms with Gasteiger partial charge >= 0.3 is 0 Å². The van der Waals surface area contributed by atoms with E-state index in [4.69, 9.17) is 9.47 Å². The lowest BCUT2D eigenvalue weighted by atomic mass is 9.98. The zero-order chi connectivity index (χ0) is 19.2. The first-order valence-electron chi connectivity index (χ1n) is 9.30. The number of aromatic nitrogens is 2. The summed E-state index contributed by atoms with van der Waals surface area (Å²) >= 11 is 0. The van der Waals surface area contributed by atoms with Crippen molar-refractivity contribution in [2.75, 3.05) is 40.9 Å². The van der Waals surface area contributed by atoms with Crippen molar-refractivity contribution in [2.24, 2.45) is 4.99 Å². The summed E-state index contributed by atoms with van der Waals surface area (Å²) in [5.74, 6) is 3.04. The monoisotopic (exact) mass is 371 g/mol. The van der Waals surface area contributed by atoms with Crippen molar-refractivity contribution >= 4 is 5.96 Å². The fraction of sp³-hybridized carbons (Fsp3) is 0.500. The van der Waals surface area contributed by atoms with Gasteiger partial charge in [0.2, 0.25) is 0 Å². The maximum atomic E-state index is 5.41. The minimum absolute atomic E-state index is 0.432. The van der Waals surface area contributed by atoms with Crippen molar-refractivity contribution in [3.63, 3.8) is 0 Å². The average molecular weight is 371 g/mol. The molecule has 1 saturated heterocycles. The number of nitrogens with one attached hydrogen (secondary N) is 1. The first kappa shape index (κ1) is 19.1. The second kappa shape index (κ2) is 8.79. The van der Waals surface area contributed by atoms with Crippen LogP contribution in [0.1, 0.15) is 23.5 Å². The summed E-state index contributed by atoms with van der Waals surface area (Å²) in [6, 6.07) is 6.12. The van der Waals surface area contributed by atoms with Gasteiger partial charge in [-0.1, -0.05) is 0 Å². The van der Waals surface area contributed by atoms with E-state index in [1.807, 2.05) is 37.1 Å². The number of hydrogen-bond donors (Lipinski definition) is 1. The number of ether oxygens (including phenoxy) is 2. The summed E-state index contributed by atoms with van der Waals surface area (Å²) in [6.07, 6.45) is 5.00. The minimum atomic E-state index is 0.432. The number of hydrogen-bond acceptors (Lipinski definition) is 4. The molecule has 146 valence electrons. The lowest BCUT2D eigenvalue weighted by Crippen LogP contribution is -2.41. The molecule has 7 nitrogen and oxygen atoms in total. The zero-order valence-electron chi connectivity index (χ0n) is 16.6. The van der Waals surface area contributed by atoms with Crippen molar-refractivity contribution in [3.8, 4) is 11.5 Å². The van der Waals surface area contributed by atoms with Gasteiger partial charge in [0.05, 0.1) is 27.0 Å². The fourth-order valence-corrected chi connectivity index (χ4v) is 3.49. The van der Waals surface area contributed by atoms with Gasteiger partial charge in [-0.25, -0.2) is 0 Å². The van der Waals surface area contributed by atoms with E-state index in [9.17, 15) is 0 Å². The molecular weight excluding hydrogens is 342 g/mol. The van der Waals surface area contributed by atoms with Gasteiger partial charge in [-0.3, -0.25) is 9.67 Å². The molecule has 0 bridgehead atoms. The highest BCUT2D eigenvalue weighted by molar-refractivity contribution is 5.80. The van der Waals surface area contributed by atoms with Crippen LogP contribution < -0.4 is 14.8 Å². The molecule has 1 aromatic heterocycles. The van der Waals surface area contributed by atoms with E-state index in [2.05, 4.69) is 32.4 Å². The smallest absolute Gasteiger partial charge is 0.193 e. The van der Waals surface area contributed by atoms with Gasteiger partial charge in [-0.2, -0.15) is 5.10 Å². The van der Waals surface area contributed by atoms with Crippen molar-refractivity contribution in [1.82, 2.24) is 20.0 Å². The van der Waals surface area contributed by atoms with Gasteiger partial charge < -0.3 is 19.7 Å². The molecular formula is C20H29N5O2. The topological polar surface area (TPSA) is 63.9 Å². The molecule has 1 unspecified atom stereocenters. The van der Waals surface area contributed by atoms with Crippen LogP contribution in [0.4, 0.5) is 0 Å². The number of benzene rings is 1. The molecule has 1 aliphatic heterocycles. The molecule has 27 heavy (non-hydrogen) atoms. The molecule has 0 radical (unpaired) electrons. The molecule has 2 heterocycles. The van der Waals surface area contributed by atoms with Gasteiger partial charge in [0.1, 0.15) is 11.5 Å². The Kier molecular flexibility index (Phi) is 6.21. The molecule has 2 aromatic rings. The fourth-order valence-electron chi connectivity index (χ4n) is 3.49. The van der Waals surface area contributed by atoms with E-state index >= 15 is 0 Å². The number of likely N-dealkylation sites (tertiary alicyclic amines) is 1. The minimum Gasteiger partial charge on any atom is -0.497 e. The first-order valence-corrected chi connectivity index (χ1v) is 9.30. The van der Waals surface area contributed by atoms with Gasteiger partial charge in [0.15, 0.2) is 5.96 Å². The summed E-state index contributed by atoms with van der Waals surface area (Å²) in [5, 5.41) is 7.77. The van der Waals surface area contributed by atoms with E-state index in [1.54, 1.807) is 14.2 Å². The highest BCUT2D eigenvalue weighted by Gasteiger charge is 2.26. The predicted octanol–water partition coefficient (Wildman–Crippen LogP) is 2.27. The van der Waals surface area contributed by atoms with Gasteiger partial charge in [-0.15, -0.1) is 0 Å². The second-order valence-electron chi connectivity index (χ2n) is 6.83. The number of aliphatic imine (C=N–C) groups is 1. The van der Waals surface area contributed by atoms with Crippen molar-refractivity contribution in [1.29, 1.82) is 0 Å². The highest BCUT2D eigenvalue weighted by Crippen LogP contribution is 2.32. The Morgan fingerprint density at radius 3 is 2.59 bits per heavy atom. The van der Waals surface area contributed by atoms with Crippen molar-refractivity contribution < 1.29 is 9.47 Å². The highest BCUT2D eigenvalue weighted by atomic mass is 16.5. The lowest BCUT2D eigenvalue weighted by Gasteiger charge is -2.22. The molecule has 1 fully saturated rings. The van der Waals surface area contributed by atoms with E-state index in [-0.39, 0.29) is 0 Å². The Balaban J connectivity index is 1.58. The maximum Gasteiger partial charge on any atom is 0.193 e. The molecule has 1 N–H and O–H groups in total. The molecule has 0 amide bonds. The van der Waals surface area contributed by atoms with E-state index < -0.39 is 0 Å². The maximum absolute atomic E-state index is 5.41. The van der Waals surface area contributed by atoms with Crippen LogP contribution in [0.15, 0.2) is 35.6 Å². The summed E-state index contributed by atoms with van der Waals surface area (Å²) in [5.41, 5.74) is 2.42. The number of rotatable bonds is 6. The summed E-state index contributed by atoms with van der Waals surface area (Å²) in [4.78, 5) is 6.76. The van der Waals surface area contributed by atoms with Crippen LogP contribution in [0.2, 0.25) is 0 Å². The van der Waals surface area contributed by atoms with Gasteiger partial charge in [0, 0.05) is 44.9 Å². The Morgan fingerprint density at radius 2 is 2.00 bits per heavy atom. The molecule has 7 heteroatoms. The van der Waals surface area contributed by atoms with Gasteiger partial charge in [-0.05, 0) is 36.6 Å². The summed E-state index contributed by atoms with van der Waals surface area (Å²) in [6.45, 7) is 5.56. The third-order valence-corrected chi connectivity index (χ3v) is 4.93. The number of nitrogens with zero attached hydrogens (tertiary/aromatic N) is 4. The molecule has 3 rings (SSSR count). The Labute approximate surface area is 161 Å². The molecule has 0 aliphatic carbocycles. The number of aryl methyl sites for hydroxylation is 1. The third-order valence-electron chi connectivity index (χ3n) is 4.93. The van der Waals surface area contributed by atoms with Crippen LogP contribution in [0.3, 0.4) is 0 Å².